The van der Waals surface area contributed by atoms with Crippen LogP contribution < -0.4 is 15.1 Å². The number of hydrogen-bond donors (Lipinski definition) is 1. The van der Waals surface area contributed by atoms with Crippen molar-refractivity contribution in [2.75, 3.05) is 10.2 Å². The smallest absolute Gasteiger partial charge is 0.308 e. The number of carbonyl (C=O) groups is 3. The normalized spacial score (nSPS) is 19.3. The zero-order valence-electron chi connectivity index (χ0n) is 22.0. The number of hydrogen-bond acceptors (Lipinski definition) is 9. The molecule has 1 fully saturated rings. The molecule has 2 aliphatic rings. The van der Waals surface area contributed by atoms with Crippen molar-refractivity contribution in [3.05, 3.63) is 114 Å². The summed E-state index contributed by atoms with van der Waals surface area (Å²) < 4.78 is 1.38. The molecule has 1 saturated heterocycles. The van der Waals surface area contributed by atoms with Crippen LogP contribution in [-0.4, -0.2) is 32.5 Å². The average Bonchev–Trinajstić information content (AvgIpc) is 3.70. The van der Waals surface area contributed by atoms with E-state index < -0.39 is 39.7 Å². The fourth-order valence-electron chi connectivity index (χ4n) is 5.62. The lowest BCUT2D eigenvalue weighted by Gasteiger charge is -2.29. The predicted octanol–water partition coefficient (Wildman–Crippen LogP) is 5.47. The number of nitrogens with one attached hydrogen (secondary N) is 1. The zero-order valence-corrected chi connectivity index (χ0v) is 24.5. The maximum absolute atomic E-state index is 13.9. The van der Waals surface area contributed by atoms with Crippen LogP contribution in [0.3, 0.4) is 0 Å². The first kappa shape index (κ1) is 27.3. The van der Waals surface area contributed by atoms with Gasteiger partial charge in [-0.3, -0.25) is 33.9 Å². The Morgan fingerprint density at radius 2 is 1.70 bits per heavy atom. The van der Waals surface area contributed by atoms with Crippen molar-refractivity contribution in [1.82, 2.24) is 4.57 Å². The van der Waals surface area contributed by atoms with Crippen molar-refractivity contribution in [1.29, 1.82) is 0 Å². The maximum Gasteiger partial charge on any atom is 0.308 e. The van der Waals surface area contributed by atoms with E-state index in [1.54, 1.807) is 6.07 Å². The summed E-state index contributed by atoms with van der Waals surface area (Å²) in [5.74, 6) is -2.62. The number of carbonyl (C=O) groups excluding carboxylic acids is 3. The second-order valence-corrected chi connectivity index (χ2v) is 13.2. The minimum atomic E-state index is -0.842. The molecular formula is C30H20N4O6S3. The van der Waals surface area contributed by atoms with Gasteiger partial charge >= 0.3 is 4.87 Å². The number of benzene rings is 3. The van der Waals surface area contributed by atoms with Gasteiger partial charge in [-0.15, -0.1) is 11.3 Å². The molecule has 0 unspecified atom stereocenters. The standard InChI is InChI=1S/C30H20N4O6S3/c35-22(31-18-8-7-16-4-1-2-5-17(16)14-18)15-32-29-26(43-30(32)38)23(21-6-3-13-41-21)24-25(42-29)28(37)33(27(24)36)19-9-11-20(12-10-19)34(39)40/h1-14,23-25H,15H2,(H,31,35)/t23-,24-,25+/m0/s1. The Morgan fingerprint density at radius 3 is 2.42 bits per heavy atom. The minimum absolute atomic E-state index is 0.153. The Bertz CT molecular complexity index is 2000. The fraction of sp³-hybridized carbons (Fsp3) is 0.133. The SMILES string of the molecule is O=C(Cn1c2c(sc1=O)[C@@H](c1cccs1)[C@@H]1C(=O)N(c3ccc([N+](=O)[O-])cc3)C(=O)[C@@H]1S2)Nc1ccc2ccccc2c1. The molecule has 3 amide bonds. The van der Waals surface area contributed by atoms with Crippen LogP contribution in [0.2, 0.25) is 0 Å². The highest BCUT2D eigenvalue weighted by Gasteiger charge is 2.57. The average molecular weight is 629 g/mol. The highest BCUT2D eigenvalue weighted by molar-refractivity contribution is 8.00. The van der Waals surface area contributed by atoms with Gasteiger partial charge in [-0.1, -0.05) is 59.5 Å². The highest BCUT2D eigenvalue weighted by atomic mass is 32.2. The van der Waals surface area contributed by atoms with Crippen LogP contribution in [-0.2, 0) is 20.9 Å². The lowest BCUT2D eigenvalue weighted by atomic mass is 9.87. The Balaban J connectivity index is 1.22. The van der Waals surface area contributed by atoms with Gasteiger partial charge in [-0.25, -0.2) is 4.90 Å². The summed E-state index contributed by atoms with van der Waals surface area (Å²) in [6, 6.07) is 22.4. The van der Waals surface area contributed by atoms with Gasteiger partial charge in [0.1, 0.15) is 11.8 Å². The number of aromatic nitrogens is 1. The van der Waals surface area contributed by atoms with Gasteiger partial charge in [0.05, 0.1) is 21.6 Å². The van der Waals surface area contributed by atoms with Crippen LogP contribution in [0.25, 0.3) is 10.8 Å². The predicted molar refractivity (Wildman–Crippen MR) is 166 cm³/mol. The van der Waals surface area contributed by atoms with Crippen LogP contribution >= 0.6 is 34.4 Å². The molecule has 0 aliphatic carbocycles. The molecule has 0 saturated carbocycles. The van der Waals surface area contributed by atoms with Gasteiger partial charge in [-0.05, 0) is 46.5 Å². The van der Waals surface area contributed by atoms with Gasteiger partial charge in [0.25, 0.3) is 5.69 Å². The first-order valence-corrected chi connectivity index (χ1v) is 15.7. The number of rotatable bonds is 6. The third-order valence-electron chi connectivity index (χ3n) is 7.55. The van der Waals surface area contributed by atoms with Gasteiger partial charge < -0.3 is 5.32 Å². The van der Waals surface area contributed by atoms with Gasteiger partial charge in [0.2, 0.25) is 17.7 Å². The lowest BCUT2D eigenvalue weighted by molar-refractivity contribution is -0.384. The molecule has 5 aromatic rings. The molecule has 10 nitrogen and oxygen atoms in total. The van der Waals surface area contributed by atoms with E-state index in [9.17, 15) is 29.3 Å². The van der Waals surface area contributed by atoms with Crippen LogP contribution in [0.1, 0.15) is 15.7 Å². The molecule has 1 N–H and O–H groups in total. The number of fused-ring (bicyclic) bond motifs is 3. The van der Waals surface area contributed by atoms with Crippen molar-refractivity contribution in [2.45, 2.75) is 22.7 Å². The van der Waals surface area contributed by atoms with E-state index in [-0.39, 0.29) is 22.8 Å². The molecule has 43 heavy (non-hydrogen) atoms. The molecule has 7 rings (SSSR count). The maximum atomic E-state index is 13.9. The molecule has 3 atom stereocenters. The molecule has 4 heterocycles. The molecule has 2 aromatic heterocycles. The van der Waals surface area contributed by atoms with Gasteiger partial charge in [0.15, 0.2) is 0 Å². The number of non-ortho nitro benzene ring substituents is 1. The third-order valence-corrected chi connectivity index (χ3v) is 11.1. The molecule has 0 bridgehead atoms. The Hall–Kier alpha value is -4.59. The summed E-state index contributed by atoms with van der Waals surface area (Å²) in [4.78, 5) is 66.9. The minimum Gasteiger partial charge on any atom is -0.325 e. The Labute approximate surface area is 255 Å². The molecule has 0 radical (unpaired) electrons. The summed E-state index contributed by atoms with van der Waals surface area (Å²) in [6.45, 7) is -0.257. The van der Waals surface area contributed by atoms with Crippen LogP contribution in [0, 0.1) is 16.0 Å². The highest BCUT2D eigenvalue weighted by Crippen LogP contribution is 2.54. The summed E-state index contributed by atoms with van der Waals surface area (Å²) in [5.41, 5.74) is 0.690. The molecular weight excluding hydrogens is 609 g/mol. The van der Waals surface area contributed by atoms with E-state index in [1.165, 1.54) is 40.2 Å². The molecule has 3 aromatic carbocycles. The van der Waals surface area contributed by atoms with E-state index in [4.69, 9.17) is 0 Å². The van der Waals surface area contributed by atoms with Crippen molar-refractivity contribution >= 4 is 80.0 Å². The van der Waals surface area contributed by atoms with Gasteiger partial charge in [-0.2, -0.15) is 0 Å². The number of anilines is 2. The number of nitrogens with zero attached hydrogens (tertiary/aromatic N) is 3. The van der Waals surface area contributed by atoms with Crippen molar-refractivity contribution < 1.29 is 19.3 Å². The quantitative estimate of drug-likeness (QED) is 0.150. The second kappa shape index (κ2) is 10.6. The van der Waals surface area contributed by atoms with E-state index in [0.29, 0.717) is 15.6 Å². The molecule has 214 valence electrons. The number of amides is 3. The van der Waals surface area contributed by atoms with Crippen molar-refractivity contribution in [2.24, 2.45) is 5.92 Å². The number of nitro groups is 1. The number of imide groups is 1. The summed E-state index contributed by atoms with van der Waals surface area (Å²) in [6.07, 6.45) is 0. The largest absolute Gasteiger partial charge is 0.325 e. The van der Waals surface area contributed by atoms with E-state index in [1.807, 2.05) is 53.9 Å². The van der Waals surface area contributed by atoms with E-state index in [0.717, 1.165) is 43.6 Å². The van der Waals surface area contributed by atoms with Crippen LogP contribution in [0.5, 0.6) is 0 Å². The molecule has 0 spiro atoms. The number of thiazole rings is 1. The van der Waals surface area contributed by atoms with E-state index >= 15 is 0 Å². The molecule has 2 aliphatic heterocycles. The zero-order chi connectivity index (χ0) is 29.8. The first-order chi connectivity index (χ1) is 20.8. The number of nitro benzene ring substituents is 1. The number of thioether (sulfide) groups is 1. The summed E-state index contributed by atoms with van der Waals surface area (Å²) >= 11 is 3.54. The van der Waals surface area contributed by atoms with E-state index in [2.05, 4.69) is 5.32 Å². The molecule has 13 heteroatoms. The first-order valence-electron chi connectivity index (χ1n) is 13.1. The third kappa shape index (κ3) is 4.65. The number of thiophene rings is 1. The van der Waals surface area contributed by atoms with Gasteiger partial charge in [0, 0.05) is 33.5 Å². The van der Waals surface area contributed by atoms with Crippen LogP contribution in [0.4, 0.5) is 17.1 Å². The monoisotopic (exact) mass is 628 g/mol. The summed E-state index contributed by atoms with van der Waals surface area (Å²) in [7, 11) is 0. The Morgan fingerprint density at radius 1 is 0.930 bits per heavy atom. The summed E-state index contributed by atoms with van der Waals surface area (Å²) in [5, 5.41) is 17.5. The topological polar surface area (TPSA) is 132 Å². The van der Waals surface area contributed by atoms with Crippen LogP contribution in [0.15, 0.2) is 94.1 Å². The Kier molecular flexibility index (Phi) is 6.72. The second-order valence-electron chi connectivity index (χ2n) is 10.1. The van der Waals surface area contributed by atoms with Crippen molar-refractivity contribution in [3.8, 4) is 0 Å². The van der Waals surface area contributed by atoms with Crippen molar-refractivity contribution in [3.63, 3.8) is 0 Å². The lowest BCUT2D eigenvalue weighted by Crippen LogP contribution is -2.32. The fourth-order valence-corrected chi connectivity index (χ4v) is 9.34.